The van der Waals surface area contributed by atoms with Gasteiger partial charge in [0.2, 0.25) is 0 Å². The molecule has 1 aromatic rings. The average molecular weight is 364 g/mol. The lowest BCUT2D eigenvalue weighted by atomic mass is 10.1. The highest BCUT2D eigenvalue weighted by Gasteiger charge is 2.33. The summed E-state index contributed by atoms with van der Waals surface area (Å²) in [4.78, 5) is 22.8. The first-order valence-corrected chi connectivity index (χ1v) is 7.45. The summed E-state index contributed by atoms with van der Waals surface area (Å²) in [5.41, 5.74) is -0.860. The smallest absolute Gasteiger partial charge is 0.417 e. The molecular weight excluding hydrogens is 347 g/mol. The zero-order chi connectivity index (χ0) is 18.3. The number of halogens is 4. The van der Waals surface area contributed by atoms with Crippen LogP contribution in [0.4, 0.5) is 13.2 Å². The SMILES string of the molecule is CC(C)CNC(=O)COC(=O)/C=C/c1ccc(Cl)c(C(F)(F)F)c1. The van der Waals surface area contributed by atoms with Crippen molar-refractivity contribution in [3.05, 3.63) is 40.4 Å². The van der Waals surface area contributed by atoms with E-state index < -0.39 is 35.2 Å². The van der Waals surface area contributed by atoms with E-state index in [9.17, 15) is 22.8 Å². The number of benzene rings is 1. The van der Waals surface area contributed by atoms with Crippen LogP contribution in [-0.4, -0.2) is 25.0 Å². The number of carbonyl (C=O) groups is 2. The number of ether oxygens (including phenoxy) is 1. The minimum absolute atomic E-state index is 0.132. The highest BCUT2D eigenvalue weighted by Crippen LogP contribution is 2.35. The van der Waals surface area contributed by atoms with Gasteiger partial charge in [0.25, 0.3) is 5.91 Å². The monoisotopic (exact) mass is 363 g/mol. The Labute approximate surface area is 142 Å². The van der Waals surface area contributed by atoms with Crippen molar-refractivity contribution in [2.24, 2.45) is 5.92 Å². The molecule has 1 rings (SSSR count). The Morgan fingerprint density at radius 2 is 2.00 bits per heavy atom. The third-order valence-electron chi connectivity index (χ3n) is 2.76. The third-order valence-corrected chi connectivity index (χ3v) is 3.09. The molecule has 24 heavy (non-hydrogen) atoms. The second-order valence-electron chi connectivity index (χ2n) is 5.38. The Kier molecular flexibility index (Phi) is 7.28. The van der Waals surface area contributed by atoms with Crippen LogP contribution >= 0.6 is 11.6 Å². The lowest BCUT2D eigenvalue weighted by Crippen LogP contribution is -2.31. The molecule has 132 valence electrons. The maximum atomic E-state index is 12.7. The summed E-state index contributed by atoms with van der Waals surface area (Å²) in [5, 5.41) is 2.13. The van der Waals surface area contributed by atoms with Crippen LogP contribution in [0.1, 0.15) is 25.0 Å². The van der Waals surface area contributed by atoms with Gasteiger partial charge in [0.05, 0.1) is 10.6 Å². The Morgan fingerprint density at radius 1 is 1.33 bits per heavy atom. The van der Waals surface area contributed by atoms with Gasteiger partial charge in [0.1, 0.15) is 0 Å². The summed E-state index contributed by atoms with van der Waals surface area (Å²) in [6, 6.07) is 3.24. The molecule has 0 saturated heterocycles. The van der Waals surface area contributed by atoms with Crippen LogP contribution in [0.15, 0.2) is 24.3 Å². The van der Waals surface area contributed by atoms with Crippen LogP contribution in [0.2, 0.25) is 5.02 Å². The lowest BCUT2D eigenvalue weighted by Gasteiger charge is -2.09. The maximum Gasteiger partial charge on any atom is 0.417 e. The quantitative estimate of drug-likeness (QED) is 0.619. The molecule has 8 heteroatoms. The number of alkyl halides is 3. The van der Waals surface area contributed by atoms with E-state index in [0.29, 0.717) is 6.54 Å². The van der Waals surface area contributed by atoms with Crippen LogP contribution in [0.25, 0.3) is 6.08 Å². The molecule has 0 fully saturated rings. The zero-order valence-corrected chi connectivity index (χ0v) is 13.9. The fraction of sp³-hybridized carbons (Fsp3) is 0.375. The van der Waals surface area contributed by atoms with Crippen molar-refractivity contribution in [2.45, 2.75) is 20.0 Å². The number of hydrogen-bond donors (Lipinski definition) is 1. The summed E-state index contributed by atoms with van der Waals surface area (Å²) < 4.78 is 42.9. The van der Waals surface area contributed by atoms with Crippen LogP contribution in [0.3, 0.4) is 0 Å². The summed E-state index contributed by atoms with van der Waals surface area (Å²) in [6.45, 7) is 3.83. The van der Waals surface area contributed by atoms with Gasteiger partial charge in [0, 0.05) is 12.6 Å². The first kappa shape index (κ1) is 20.0. The highest BCUT2D eigenvalue weighted by molar-refractivity contribution is 6.31. The first-order chi connectivity index (χ1) is 11.1. The number of esters is 1. The maximum absolute atomic E-state index is 12.7. The van der Waals surface area contributed by atoms with Crippen molar-refractivity contribution in [1.82, 2.24) is 5.32 Å². The Balaban J connectivity index is 2.60. The summed E-state index contributed by atoms with van der Waals surface area (Å²) in [5.74, 6) is -1.02. The van der Waals surface area contributed by atoms with Gasteiger partial charge < -0.3 is 10.1 Å². The number of carbonyl (C=O) groups excluding carboxylic acids is 2. The van der Waals surface area contributed by atoms with Gasteiger partial charge in [-0.05, 0) is 29.7 Å². The summed E-state index contributed by atoms with van der Waals surface area (Å²) in [6.07, 6.45) is -2.49. The fourth-order valence-corrected chi connectivity index (χ4v) is 1.81. The normalized spacial score (nSPS) is 11.8. The van der Waals surface area contributed by atoms with Crippen molar-refractivity contribution >= 4 is 29.6 Å². The molecule has 0 atom stereocenters. The third kappa shape index (κ3) is 7.04. The topological polar surface area (TPSA) is 55.4 Å². The first-order valence-electron chi connectivity index (χ1n) is 7.08. The van der Waals surface area contributed by atoms with E-state index in [4.69, 9.17) is 16.3 Å². The van der Waals surface area contributed by atoms with Crippen LogP contribution in [0, 0.1) is 5.92 Å². The van der Waals surface area contributed by atoms with E-state index in [-0.39, 0.29) is 11.5 Å². The molecule has 0 heterocycles. The van der Waals surface area contributed by atoms with Crippen LogP contribution in [0.5, 0.6) is 0 Å². The number of nitrogens with one attached hydrogen (secondary N) is 1. The minimum Gasteiger partial charge on any atom is -0.452 e. The van der Waals surface area contributed by atoms with Gasteiger partial charge in [-0.1, -0.05) is 31.5 Å². The largest absolute Gasteiger partial charge is 0.452 e. The van der Waals surface area contributed by atoms with Crippen molar-refractivity contribution in [3.63, 3.8) is 0 Å². The van der Waals surface area contributed by atoms with Crippen LogP contribution in [-0.2, 0) is 20.5 Å². The highest BCUT2D eigenvalue weighted by atomic mass is 35.5. The van der Waals surface area contributed by atoms with E-state index >= 15 is 0 Å². The predicted molar refractivity (Wildman–Crippen MR) is 84.3 cm³/mol. The molecule has 1 N–H and O–H groups in total. The van der Waals surface area contributed by atoms with Gasteiger partial charge in [-0.15, -0.1) is 0 Å². The molecular formula is C16H17ClF3NO3. The van der Waals surface area contributed by atoms with E-state index in [1.165, 1.54) is 6.07 Å². The van der Waals surface area contributed by atoms with Crippen molar-refractivity contribution in [1.29, 1.82) is 0 Å². The molecule has 0 aliphatic heterocycles. The second kappa shape index (κ2) is 8.73. The molecule has 0 aromatic heterocycles. The van der Waals surface area contributed by atoms with Gasteiger partial charge >= 0.3 is 12.1 Å². The Bertz CT molecular complexity index is 627. The van der Waals surface area contributed by atoms with Gasteiger partial charge in [-0.25, -0.2) is 4.79 Å². The Morgan fingerprint density at radius 3 is 2.58 bits per heavy atom. The van der Waals surface area contributed by atoms with E-state index in [0.717, 1.165) is 24.3 Å². The summed E-state index contributed by atoms with van der Waals surface area (Å²) in [7, 11) is 0. The van der Waals surface area contributed by atoms with Gasteiger partial charge in [-0.3, -0.25) is 4.79 Å². The molecule has 1 amide bonds. The van der Waals surface area contributed by atoms with E-state index in [1.54, 1.807) is 0 Å². The van der Waals surface area contributed by atoms with E-state index in [2.05, 4.69) is 5.32 Å². The van der Waals surface area contributed by atoms with Gasteiger partial charge in [-0.2, -0.15) is 13.2 Å². The Hall–Kier alpha value is -2.02. The number of amides is 1. The minimum atomic E-state index is -4.59. The molecule has 1 aromatic carbocycles. The van der Waals surface area contributed by atoms with Crippen molar-refractivity contribution < 1.29 is 27.5 Å². The molecule has 0 bridgehead atoms. The van der Waals surface area contributed by atoms with Crippen LogP contribution < -0.4 is 5.32 Å². The average Bonchev–Trinajstić information content (AvgIpc) is 2.48. The lowest BCUT2D eigenvalue weighted by molar-refractivity contribution is -0.143. The number of hydrogen-bond acceptors (Lipinski definition) is 3. The van der Waals surface area contributed by atoms with Gasteiger partial charge in [0.15, 0.2) is 6.61 Å². The molecule has 0 spiro atoms. The predicted octanol–water partition coefficient (Wildman–Crippen LogP) is 3.69. The molecule has 0 aliphatic rings. The van der Waals surface area contributed by atoms with Crippen molar-refractivity contribution in [2.75, 3.05) is 13.2 Å². The number of rotatable bonds is 6. The molecule has 0 radical (unpaired) electrons. The molecule has 0 saturated carbocycles. The molecule has 0 aliphatic carbocycles. The molecule has 0 unspecified atom stereocenters. The van der Waals surface area contributed by atoms with Crippen molar-refractivity contribution in [3.8, 4) is 0 Å². The molecule has 4 nitrogen and oxygen atoms in total. The summed E-state index contributed by atoms with van der Waals surface area (Å²) >= 11 is 5.50. The zero-order valence-electron chi connectivity index (χ0n) is 13.1. The standard InChI is InChI=1S/C16H17ClF3NO3/c1-10(2)8-21-14(22)9-24-15(23)6-4-11-3-5-13(17)12(7-11)16(18,19)20/h3-7,10H,8-9H2,1-2H3,(H,21,22)/b6-4+. The second-order valence-corrected chi connectivity index (χ2v) is 5.78. The fourth-order valence-electron chi connectivity index (χ4n) is 1.58. The van der Waals surface area contributed by atoms with E-state index in [1.807, 2.05) is 13.8 Å².